The Labute approximate surface area is 67.5 Å². The van der Waals surface area contributed by atoms with Crippen LogP contribution in [-0.4, -0.2) is 44.6 Å². The minimum absolute atomic E-state index is 0. The van der Waals surface area contributed by atoms with E-state index in [4.69, 9.17) is 20.4 Å². The summed E-state index contributed by atoms with van der Waals surface area (Å²) < 4.78 is 0. The smallest absolute Gasteiger partial charge is 0.335 e. The molecular weight excluding hydrogens is 179 g/mol. The molecule has 0 aromatic heterocycles. The van der Waals surface area contributed by atoms with Crippen LogP contribution in [0.5, 0.6) is 0 Å². The largest absolute Gasteiger partial charge is 0.479 e. The Balaban J connectivity index is 0. The SMILES string of the molecule is Cl.O=C(O)C(O)C(O)C(=O)O. The number of aliphatic carboxylic acids is 2. The quantitative estimate of drug-likeness (QED) is 0.418. The van der Waals surface area contributed by atoms with E-state index in [9.17, 15) is 9.59 Å². The summed E-state index contributed by atoms with van der Waals surface area (Å²) in [5.74, 6) is -3.54. The predicted octanol–water partition coefficient (Wildman–Crippen LogP) is -1.70. The van der Waals surface area contributed by atoms with Gasteiger partial charge in [-0.2, -0.15) is 0 Å². The number of carboxylic acid groups (broad SMARTS) is 2. The number of carboxylic acids is 2. The summed E-state index contributed by atoms with van der Waals surface area (Å²) in [6.07, 6.45) is -4.53. The number of aliphatic hydroxyl groups excluding tert-OH is 2. The van der Waals surface area contributed by atoms with Crippen molar-refractivity contribution in [3.63, 3.8) is 0 Å². The Kier molecular flexibility index (Phi) is 5.69. The molecule has 7 heteroatoms. The summed E-state index contributed by atoms with van der Waals surface area (Å²) >= 11 is 0. The molecular formula is C4H7ClO6. The van der Waals surface area contributed by atoms with Gasteiger partial charge in [-0.25, -0.2) is 9.59 Å². The highest BCUT2D eigenvalue weighted by Crippen LogP contribution is 1.92. The third kappa shape index (κ3) is 3.76. The lowest BCUT2D eigenvalue weighted by Gasteiger charge is -2.07. The van der Waals surface area contributed by atoms with Crippen LogP contribution < -0.4 is 0 Å². The third-order valence-corrected chi connectivity index (χ3v) is 0.805. The van der Waals surface area contributed by atoms with Crippen molar-refractivity contribution in [2.24, 2.45) is 0 Å². The van der Waals surface area contributed by atoms with Crippen LogP contribution in [0.1, 0.15) is 0 Å². The minimum Gasteiger partial charge on any atom is -0.479 e. The first-order chi connectivity index (χ1) is 4.46. The zero-order chi connectivity index (χ0) is 8.31. The number of halogens is 1. The maximum Gasteiger partial charge on any atom is 0.335 e. The van der Waals surface area contributed by atoms with E-state index in [1.807, 2.05) is 0 Å². The monoisotopic (exact) mass is 186 g/mol. The summed E-state index contributed by atoms with van der Waals surface area (Å²) in [6, 6.07) is 0. The summed E-state index contributed by atoms with van der Waals surface area (Å²) in [4.78, 5) is 19.5. The normalized spacial score (nSPS) is 14.4. The second-order valence-corrected chi connectivity index (χ2v) is 1.57. The fourth-order valence-corrected chi connectivity index (χ4v) is 0.270. The van der Waals surface area contributed by atoms with E-state index >= 15 is 0 Å². The van der Waals surface area contributed by atoms with Crippen molar-refractivity contribution in [2.45, 2.75) is 12.2 Å². The van der Waals surface area contributed by atoms with Crippen LogP contribution in [0.2, 0.25) is 0 Å². The Hall–Kier alpha value is -0.850. The average molecular weight is 187 g/mol. The van der Waals surface area contributed by atoms with Gasteiger partial charge in [-0.3, -0.25) is 0 Å². The molecule has 0 bridgehead atoms. The van der Waals surface area contributed by atoms with E-state index in [0.717, 1.165) is 0 Å². The van der Waals surface area contributed by atoms with Crippen LogP contribution in [-0.2, 0) is 9.59 Å². The van der Waals surface area contributed by atoms with E-state index in [2.05, 4.69) is 0 Å². The van der Waals surface area contributed by atoms with Gasteiger partial charge in [0.1, 0.15) is 0 Å². The molecule has 66 valence electrons. The number of aliphatic hydroxyl groups is 2. The Morgan fingerprint density at radius 1 is 0.909 bits per heavy atom. The summed E-state index contributed by atoms with van der Waals surface area (Å²) in [5.41, 5.74) is 0. The van der Waals surface area contributed by atoms with E-state index in [1.165, 1.54) is 0 Å². The highest BCUT2D eigenvalue weighted by atomic mass is 35.5. The maximum atomic E-state index is 9.77. The fourth-order valence-electron chi connectivity index (χ4n) is 0.270. The van der Waals surface area contributed by atoms with Gasteiger partial charge in [0.25, 0.3) is 0 Å². The van der Waals surface area contributed by atoms with Crippen LogP contribution >= 0.6 is 12.4 Å². The lowest BCUT2D eigenvalue weighted by Crippen LogP contribution is -2.39. The summed E-state index contributed by atoms with van der Waals surface area (Å²) in [6.45, 7) is 0. The summed E-state index contributed by atoms with van der Waals surface area (Å²) in [5, 5.41) is 32.5. The number of hydrogen-bond acceptors (Lipinski definition) is 4. The maximum absolute atomic E-state index is 9.77. The van der Waals surface area contributed by atoms with Gasteiger partial charge >= 0.3 is 11.9 Å². The van der Waals surface area contributed by atoms with Crippen molar-refractivity contribution >= 4 is 24.3 Å². The molecule has 0 aromatic rings. The van der Waals surface area contributed by atoms with Gasteiger partial charge in [0.05, 0.1) is 0 Å². The number of carbonyl (C=O) groups is 2. The first-order valence-corrected chi connectivity index (χ1v) is 2.28. The molecule has 6 nitrogen and oxygen atoms in total. The molecule has 0 radical (unpaired) electrons. The zero-order valence-electron chi connectivity index (χ0n) is 5.17. The highest BCUT2D eigenvalue weighted by Gasteiger charge is 2.29. The molecule has 0 aliphatic heterocycles. The molecule has 0 aliphatic rings. The molecule has 4 N–H and O–H groups in total. The average Bonchev–Trinajstić information content (AvgIpc) is 1.84. The van der Waals surface area contributed by atoms with Crippen molar-refractivity contribution in [3.05, 3.63) is 0 Å². The Morgan fingerprint density at radius 2 is 1.09 bits per heavy atom. The van der Waals surface area contributed by atoms with E-state index < -0.39 is 24.1 Å². The van der Waals surface area contributed by atoms with Gasteiger partial charge in [0, 0.05) is 0 Å². The Morgan fingerprint density at radius 3 is 1.18 bits per heavy atom. The standard InChI is InChI=1S/C4H6O6.ClH/c5-1(3(7)8)2(6)4(9)10;/h1-2,5-6H,(H,7,8)(H,9,10);1H. The lowest BCUT2D eigenvalue weighted by molar-refractivity contribution is -0.165. The number of hydrogen-bond donors (Lipinski definition) is 4. The topological polar surface area (TPSA) is 115 Å². The molecule has 0 aromatic carbocycles. The molecule has 0 fully saturated rings. The van der Waals surface area contributed by atoms with Gasteiger partial charge < -0.3 is 20.4 Å². The van der Waals surface area contributed by atoms with Crippen molar-refractivity contribution in [3.8, 4) is 0 Å². The van der Waals surface area contributed by atoms with Crippen LogP contribution in [0, 0.1) is 0 Å². The molecule has 0 heterocycles. The predicted molar refractivity (Wildman–Crippen MR) is 34.5 cm³/mol. The molecule has 0 spiro atoms. The number of rotatable bonds is 3. The molecule has 2 atom stereocenters. The van der Waals surface area contributed by atoms with Crippen LogP contribution in [0.25, 0.3) is 0 Å². The summed E-state index contributed by atoms with van der Waals surface area (Å²) in [7, 11) is 0. The second kappa shape index (κ2) is 4.89. The van der Waals surface area contributed by atoms with E-state index in [0.29, 0.717) is 0 Å². The van der Waals surface area contributed by atoms with Gasteiger partial charge in [-0.05, 0) is 0 Å². The zero-order valence-corrected chi connectivity index (χ0v) is 5.98. The molecule has 11 heavy (non-hydrogen) atoms. The highest BCUT2D eigenvalue weighted by molar-refractivity contribution is 5.85. The molecule has 0 aliphatic carbocycles. The first kappa shape index (κ1) is 12.8. The minimum atomic E-state index is -2.27. The Bertz CT molecular complexity index is 139. The first-order valence-electron chi connectivity index (χ1n) is 2.28. The van der Waals surface area contributed by atoms with Crippen LogP contribution in [0.3, 0.4) is 0 Å². The lowest BCUT2D eigenvalue weighted by atomic mass is 10.2. The van der Waals surface area contributed by atoms with Gasteiger partial charge in [0.15, 0.2) is 12.2 Å². The van der Waals surface area contributed by atoms with Gasteiger partial charge in [-0.15, -0.1) is 12.4 Å². The van der Waals surface area contributed by atoms with E-state index in [-0.39, 0.29) is 12.4 Å². The van der Waals surface area contributed by atoms with Crippen molar-refractivity contribution in [2.75, 3.05) is 0 Å². The second-order valence-electron chi connectivity index (χ2n) is 1.57. The molecule has 0 amide bonds. The van der Waals surface area contributed by atoms with Gasteiger partial charge in [0.2, 0.25) is 0 Å². The molecule has 0 saturated carbocycles. The van der Waals surface area contributed by atoms with E-state index in [1.54, 1.807) is 0 Å². The van der Waals surface area contributed by atoms with Gasteiger partial charge in [-0.1, -0.05) is 0 Å². The van der Waals surface area contributed by atoms with Crippen LogP contribution in [0.15, 0.2) is 0 Å². The molecule has 2 unspecified atom stereocenters. The van der Waals surface area contributed by atoms with Crippen molar-refractivity contribution in [1.82, 2.24) is 0 Å². The fraction of sp³-hybridized carbons (Fsp3) is 0.500. The third-order valence-electron chi connectivity index (χ3n) is 0.805. The van der Waals surface area contributed by atoms with Crippen molar-refractivity contribution < 1.29 is 30.0 Å². The molecule has 0 rings (SSSR count). The molecule has 0 saturated heterocycles. The van der Waals surface area contributed by atoms with Crippen molar-refractivity contribution in [1.29, 1.82) is 0 Å². The van der Waals surface area contributed by atoms with Crippen LogP contribution in [0.4, 0.5) is 0 Å².